The molecule has 1 aromatic heterocycles. The number of rotatable bonds is 6. The molecule has 0 bridgehead atoms. The van der Waals surface area contributed by atoms with Gasteiger partial charge in [0.05, 0.1) is 18.9 Å². The van der Waals surface area contributed by atoms with Crippen molar-refractivity contribution in [2.24, 2.45) is 5.10 Å². The summed E-state index contributed by atoms with van der Waals surface area (Å²) in [6.07, 6.45) is 2.33. The van der Waals surface area contributed by atoms with Crippen molar-refractivity contribution in [2.75, 3.05) is 7.11 Å². The van der Waals surface area contributed by atoms with Crippen LogP contribution in [0.15, 0.2) is 53.6 Å². The first-order valence-electron chi connectivity index (χ1n) is 8.28. The number of esters is 1. The number of hydrogen-bond acceptors (Lipinski definition) is 6. The highest BCUT2D eigenvalue weighted by molar-refractivity contribution is 7.71. The molecule has 0 spiro atoms. The zero-order chi connectivity index (χ0) is 19.2. The maximum atomic E-state index is 12.2. The fraction of sp³-hybridized carbons (Fsp3) is 0.158. The lowest BCUT2D eigenvalue weighted by Gasteiger charge is -2.10. The molecular weight excluding hydrogens is 364 g/mol. The lowest BCUT2D eigenvalue weighted by atomic mass is 10.2. The van der Waals surface area contributed by atoms with Crippen LogP contribution in [-0.2, 0) is 6.42 Å². The van der Waals surface area contributed by atoms with Crippen LogP contribution in [0.1, 0.15) is 28.7 Å². The van der Waals surface area contributed by atoms with Gasteiger partial charge in [0.15, 0.2) is 17.3 Å². The summed E-state index contributed by atoms with van der Waals surface area (Å²) in [7, 11) is 1.51. The number of nitrogens with zero attached hydrogens (tertiary/aromatic N) is 3. The van der Waals surface area contributed by atoms with Crippen LogP contribution in [0.25, 0.3) is 0 Å². The predicted molar refractivity (Wildman–Crippen MR) is 104 cm³/mol. The van der Waals surface area contributed by atoms with Crippen molar-refractivity contribution >= 4 is 24.4 Å². The van der Waals surface area contributed by atoms with Crippen molar-refractivity contribution in [3.05, 3.63) is 70.3 Å². The topological polar surface area (TPSA) is 81.5 Å². The van der Waals surface area contributed by atoms with Gasteiger partial charge in [-0.05, 0) is 48.1 Å². The Labute approximate surface area is 161 Å². The molecule has 3 rings (SSSR count). The molecule has 0 unspecified atom stereocenters. The van der Waals surface area contributed by atoms with Gasteiger partial charge in [-0.25, -0.2) is 4.79 Å². The number of carbonyl (C=O) groups is 1. The minimum Gasteiger partial charge on any atom is -0.493 e. The molecule has 8 heteroatoms. The molecule has 0 aliphatic heterocycles. The van der Waals surface area contributed by atoms with Gasteiger partial charge in [-0.15, -0.1) is 0 Å². The zero-order valence-corrected chi connectivity index (χ0v) is 15.7. The second-order valence-corrected chi connectivity index (χ2v) is 5.91. The van der Waals surface area contributed by atoms with E-state index < -0.39 is 5.97 Å². The maximum absolute atomic E-state index is 12.2. The van der Waals surface area contributed by atoms with E-state index in [4.69, 9.17) is 21.7 Å². The molecule has 0 atom stereocenters. The van der Waals surface area contributed by atoms with Gasteiger partial charge in [0.2, 0.25) is 4.77 Å². The highest BCUT2D eigenvalue weighted by Gasteiger charge is 2.12. The molecule has 138 valence electrons. The molecule has 0 aliphatic carbocycles. The summed E-state index contributed by atoms with van der Waals surface area (Å²) in [4.78, 5) is 12.2. The third kappa shape index (κ3) is 4.29. The second kappa shape index (κ2) is 8.41. The quantitative estimate of drug-likeness (QED) is 0.305. The van der Waals surface area contributed by atoms with E-state index in [-0.39, 0.29) is 0 Å². The molecule has 0 aliphatic rings. The van der Waals surface area contributed by atoms with Gasteiger partial charge in [-0.3, -0.25) is 5.10 Å². The van der Waals surface area contributed by atoms with Gasteiger partial charge in [-0.2, -0.15) is 14.9 Å². The Balaban J connectivity index is 1.82. The average Bonchev–Trinajstić information content (AvgIpc) is 3.07. The van der Waals surface area contributed by atoms with E-state index >= 15 is 0 Å². The fourth-order valence-corrected chi connectivity index (χ4v) is 2.58. The smallest absolute Gasteiger partial charge is 0.343 e. The molecule has 0 amide bonds. The summed E-state index contributed by atoms with van der Waals surface area (Å²) in [5, 5.41) is 11.2. The van der Waals surface area contributed by atoms with E-state index in [2.05, 4.69) is 15.3 Å². The van der Waals surface area contributed by atoms with Crippen molar-refractivity contribution in [1.29, 1.82) is 0 Å². The third-order valence-electron chi connectivity index (χ3n) is 3.76. The summed E-state index contributed by atoms with van der Waals surface area (Å²) >= 11 is 5.17. The Morgan fingerprint density at radius 1 is 1.26 bits per heavy atom. The molecule has 0 fully saturated rings. The van der Waals surface area contributed by atoms with Gasteiger partial charge in [0.25, 0.3) is 0 Å². The van der Waals surface area contributed by atoms with Crippen LogP contribution in [0.3, 0.4) is 0 Å². The van der Waals surface area contributed by atoms with Gasteiger partial charge < -0.3 is 9.47 Å². The molecule has 0 saturated carbocycles. The average molecular weight is 382 g/mol. The van der Waals surface area contributed by atoms with Crippen LogP contribution in [0.2, 0.25) is 0 Å². The van der Waals surface area contributed by atoms with Crippen LogP contribution < -0.4 is 9.47 Å². The number of aromatic amines is 1. The van der Waals surface area contributed by atoms with Gasteiger partial charge in [-0.1, -0.05) is 25.1 Å². The highest BCUT2D eigenvalue weighted by Crippen LogP contribution is 2.28. The number of benzene rings is 2. The number of ether oxygens (including phenoxy) is 2. The molecular formula is C19H18N4O3S. The number of methoxy groups -OCH3 is 1. The SMILES string of the molecule is CCc1n[nH]c(=S)n1/N=C\c1ccc(OC(=O)c2ccccc2)c(OC)c1. The highest BCUT2D eigenvalue weighted by atomic mass is 32.1. The number of aryl methyl sites for hydroxylation is 1. The van der Waals surface area contributed by atoms with Crippen molar-refractivity contribution in [1.82, 2.24) is 14.9 Å². The molecule has 0 saturated heterocycles. The Morgan fingerprint density at radius 2 is 2.04 bits per heavy atom. The Hall–Kier alpha value is -3.26. The zero-order valence-electron chi connectivity index (χ0n) is 14.9. The minimum atomic E-state index is -0.451. The van der Waals surface area contributed by atoms with E-state index in [0.717, 1.165) is 11.4 Å². The molecule has 7 nitrogen and oxygen atoms in total. The monoisotopic (exact) mass is 382 g/mol. The van der Waals surface area contributed by atoms with E-state index in [9.17, 15) is 4.79 Å². The van der Waals surface area contributed by atoms with E-state index in [1.54, 1.807) is 53.4 Å². The summed E-state index contributed by atoms with van der Waals surface area (Å²) in [6, 6.07) is 13.9. The number of nitrogens with one attached hydrogen (secondary N) is 1. The van der Waals surface area contributed by atoms with Crippen molar-refractivity contribution in [3.63, 3.8) is 0 Å². The summed E-state index contributed by atoms with van der Waals surface area (Å²) in [6.45, 7) is 1.97. The van der Waals surface area contributed by atoms with Gasteiger partial charge in [0.1, 0.15) is 0 Å². The molecule has 3 aromatic rings. The Kier molecular flexibility index (Phi) is 5.77. The van der Waals surface area contributed by atoms with Crippen LogP contribution in [0.5, 0.6) is 11.5 Å². The van der Waals surface area contributed by atoms with E-state index in [1.165, 1.54) is 7.11 Å². The standard InChI is InChI=1S/C19H18N4O3S/c1-3-17-21-22-19(27)23(17)20-12-13-9-10-15(16(11-13)25-2)26-18(24)14-7-5-4-6-8-14/h4-12H,3H2,1-2H3,(H,22,27)/b20-12-. The van der Waals surface area contributed by atoms with E-state index in [1.807, 2.05) is 13.0 Å². The second-order valence-electron chi connectivity index (χ2n) is 5.52. The van der Waals surface area contributed by atoms with Crippen LogP contribution in [0.4, 0.5) is 0 Å². The molecule has 27 heavy (non-hydrogen) atoms. The number of hydrogen-bond donors (Lipinski definition) is 1. The fourth-order valence-electron chi connectivity index (χ4n) is 2.38. The third-order valence-corrected chi connectivity index (χ3v) is 4.02. The van der Waals surface area contributed by atoms with Crippen LogP contribution in [0, 0.1) is 4.77 Å². The molecule has 1 N–H and O–H groups in total. The predicted octanol–water partition coefficient (Wildman–Crippen LogP) is 3.61. The number of carbonyl (C=O) groups excluding carboxylic acids is 1. The lowest BCUT2D eigenvalue weighted by molar-refractivity contribution is 0.0729. The van der Waals surface area contributed by atoms with Gasteiger partial charge >= 0.3 is 5.97 Å². The first-order chi connectivity index (χ1) is 13.1. The summed E-state index contributed by atoms with van der Waals surface area (Å²) in [5.41, 5.74) is 1.23. The first-order valence-corrected chi connectivity index (χ1v) is 8.69. The molecule has 2 aromatic carbocycles. The first kappa shape index (κ1) is 18.5. The minimum absolute atomic E-state index is 0.331. The Morgan fingerprint density at radius 3 is 2.74 bits per heavy atom. The maximum Gasteiger partial charge on any atom is 0.343 e. The van der Waals surface area contributed by atoms with Crippen LogP contribution >= 0.6 is 12.2 Å². The van der Waals surface area contributed by atoms with Crippen molar-refractivity contribution in [3.8, 4) is 11.5 Å². The molecule has 1 heterocycles. The summed E-state index contributed by atoms with van der Waals surface area (Å²) in [5.74, 6) is 1.04. The summed E-state index contributed by atoms with van der Waals surface area (Å²) < 4.78 is 12.8. The normalized spacial score (nSPS) is 10.9. The number of H-pyrrole nitrogens is 1. The van der Waals surface area contributed by atoms with E-state index in [0.29, 0.717) is 28.3 Å². The van der Waals surface area contributed by atoms with Crippen molar-refractivity contribution in [2.45, 2.75) is 13.3 Å². The van der Waals surface area contributed by atoms with Gasteiger partial charge in [0, 0.05) is 6.42 Å². The van der Waals surface area contributed by atoms with Crippen LogP contribution in [-0.4, -0.2) is 34.2 Å². The largest absolute Gasteiger partial charge is 0.493 e. The number of aromatic nitrogens is 3. The van der Waals surface area contributed by atoms with Crippen molar-refractivity contribution < 1.29 is 14.3 Å². The lowest BCUT2D eigenvalue weighted by Crippen LogP contribution is -2.09. The molecule has 0 radical (unpaired) electrons. The Bertz CT molecular complexity index is 1020.